The van der Waals surface area contributed by atoms with Crippen LogP contribution in [0.4, 0.5) is 0 Å². The fourth-order valence-corrected chi connectivity index (χ4v) is 2.76. The van der Waals surface area contributed by atoms with Crippen LogP contribution in [0.1, 0.15) is 48.9 Å². The highest BCUT2D eigenvalue weighted by atomic mass is 16.5. The highest BCUT2D eigenvalue weighted by Gasteiger charge is 2.17. The number of aryl methyl sites for hydroxylation is 3. The smallest absolute Gasteiger partial charge is 0.260 e. The maximum Gasteiger partial charge on any atom is 0.260 e. The highest BCUT2D eigenvalue weighted by molar-refractivity contribution is 5.80. The minimum Gasteiger partial charge on any atom is -0.492 e. The van der Waals surface area contributed by atoms with Crippen LogP contribution < -0.4 is 14.8 Å². The Bertz CT molecular complexity index is 783. The van der Waals surface area contributed by atoms with E-state index in [0.717, 1.165) is 22.6 Å². The van der Waals surface area contributed by atoms with Crippen LogP contribution in [0.2, 0.25) is 0 Å². The number of amides is 1. The monoisotopic (exact) mass is 369 g/mol. The van der Waals surface area contributed by atoms with Crippen LogP contribution >= 0.6 is 0 Å². The lowest BCUT2D eigenvalue weighted by Crippen LogP contribution is -2.38. The molecular weight excluding hydrogens is 338 g/mol. The molecule has 4 nitrogen and oxygen atoms in total. The molecule has 0 fully saturated rings. The van der Waals surface area contributed by atoms with Gasteiger partial charge in [-0.1, -0.05) is 32.0 Å². The summed E-state index contributed by atoms with van der Waals surface area (Å²) in [5, 5.41) is 2.87. The molecule has 0 aliphatic carbocycles. The summed E-state index contributed by atoms with van der Waals surface area (Å²) >= 11 is 0. The molecule has 0 aromatic heterocycles. The molecule has 0 aliphatic heterocycles. The van der Waals surface area contributed by atoms with Gasteiger partial charge < -0.3 is 14.8 Å². The molecule has 1 amide bonds. The van der Waals surface area contributed by atoms with E-state index in [9.17, 15) is 4.79 Å². The Hall–Kier alpha value is -2.49. The lowest BCUT2D eigenvalue weighted by Gasteiger charge is -2.19. The molecule has 0 radical (unpaired) electrons. The van der Waals surface area contributed by atoms with Crippen LogP contribution in [-0.4, -0.2) is 25.2 Å². The van der Waals surface area contributed by atoms with Crippen LogP contribution in [0.15, 0.2) is 36.4 Å². The van der Waals surface area contributed by atoms with Crippen LogP contribution in [0.3, 0.4) is 0 Å². The summed E-state index contributed by atoms with van der Waals surface area (Å²) in [6.45, 7) is 13.0. The average molecular weight is 370 g/mol. The Balaban J connectivity index is 1.83. The first-order chi connectivity index (χ1) is 12.8. The molecular formula is C23H31NO3. The summed E-state index contributed by atoms with van der Waals surface area (Å²) in [7, 11) is 0. The molecule has 0 aliphatic rings. The van der Waals surface area contributed by atoms with Crippen LogP contribution in [0.25, 0.3) is 0 Å². The van der Waals surface area contributed by atoms with E-state index < -0.39 is 6.10 Å². The zero-order chi connectivity index (χ0) is 20.0. The summed E-state index contributed by atoms with van der Waals surface area (Å²) in [4.78, 5) is 12.3. The van der Waals surface area contributed by atoms with Crippen LogP contribution in [0.5, 0.6) is 11.5 Å². The minimum absolute atomic E-state index is 0.144. The second kappa shape index (κ2) is 9.45. The third kappa shape index (κ3) is 6.02. The summed E-state index contributed by atoms with van der Waals surface area (Å²) in [6, 6.07) is 12.1. The first-order valence-electron chi connectivity index (χ1n) is 9.53. The predicted molar refractivity (Wildman–Crippen MR) is 110 cm³/mol. The van der Waals surface area contributed by atoms with Crippen molar-refractivity contribution < 1.29 is 14.3 Å². The Labute approximate surface area is 162 Å². The van der Waals surface area contributed by atoms with Gasteiger partial charge in [-0.2, -0.15) is 0 Å². The molecule has 2 aromatic rings. The van der Waals surface area contributed by atoms with Crippen molar-refractivity contribution in [1.29, 1.82) is 0 Å². The fraction of sp³-hybridized carbons (Fsp3) is 0.435. The van der Waals surface area contributed by atoms with E-state index in [0.29, 0.717) is 19.1 Å². The molecule has 146 valence electrons. The first-order valence-corrected chi connectivity index (χ1v) is 9.53. The standard InChI is InChI=1S/C23H31NO3/c1-15(2)21-10-7-16(3)13-22(21)27-19(6)23(25)24-11-12-26-20-9-8-17(4)18(5)14-20/h7-10,13-15,19H,11-12H2,1-6H3,(H,24,25)/t19-/m0/s1. The van der Waals surface area contributed by atoms with E-state index in [1.54, 1.807) is 6.92 Å². The predicted octanol–water partition coefficient (Wildman–Crippen LogP) is 4.70. The molecule has 2 aromatic carbocycles. The zero-order valence-corrected chi connectivity index (χ0v) is 17.3. The highest BCUT2D eigenvalue weighted by Crippen LogP contribution is 2.28. The Morgan fingerprint density at radius 2 is 1.74 bits per heavy atom. The van der Waals surface area contributed by atoms with Gasteiger partial charge in [0.05, 0.1) is 6.54 Å². The molecule has 0 spiro atoms. The van der Waals surface area contributed by atoms with Gasteiger partial charge in [-0.05, 0) is 74.1 Å². The number of carbonyl (C=O) groups is 1. The van der Waals surface area contributed by atoms with Crippen molar-refractivity contribution in [2.24, 2.45) is 0 Å². The topological polar surface area (TPSA) is 47.6 Å². The maximum absolute atomic E-state index is 12.3. The molecule has 0 saturated heterocycles. The molecule has 4 heteroatoms. The second-order valence-electron chi connectivity index (χ2n) is 7.34. The summed E-state index contributed by atoms with van der Waals surface area (Å²) < 4.78 is 11.6. The molecule has 0 unspecified atom stereocenters. The van der Waals surface area contributed by atoms with Gasteiger partial charge in [0.1, 0.15) is 18.1 Å². The molecule has 1 atom stereocenters. The normalized spacial score (nSPS) is 12.0. The van der Waals surface area contributed by atoms with E-state index in [-0.39, 0.29) is 5.91 Å². The number of benzene rings is 2. The number of ether oxygens (including phenoxy) is 2. The Kier molecular flexibility index (Phi) is 7.28. The fourth-order valence-electron chi connectivity index (χ4n) is 2.76. The van der Waals surface area contributed by atoms with Crippen molar-refractivity contribution >= 4 is 5.91 Å². The van der Waals surface area contributed by atoms with Crippen molar-refractivity contribution in [2.45, 2.75) is 53.6 Å². The van der Waals surface area contributed by atoms with E-state index >= 15 is 0 Å². The van der Waals surface area contributed by atoms with Gasteiger partial charge in [0.15, 0.2) is 6.10 Å². The van der Waals surface area contributed by atoms with E-state index in [1.165, 1.54) is 11.1 Å². The molecule has 1 N–H and O–H groups in total. The summed E-state index contributed by atoms with van der Waals surface area (Å²) in [5.74, 6) is 1.79. The van der Waals surface area contributed by atoms with Crippen molar-refractivity contribution in [3.05, 3.63) is 58.7 Å². The number of hydrogen-bond donors (Lipinski definition) is 1. The molecule has 0 bridgehead atoms. The lowest BCUT2D eigenvalue weighted by molar-refractivity contribution is -0.127. The number of nitrogens with one attached hydrogen (secondary N) is 1. The van der Waals surface area contributed by atoms with Crippen molar-refractivity contribution in [3.8, 4) is 11.5 Å². The first kappa shape index (κ1) is 20.8. The summed E-state index contributed by atoms with van der Waals surface area (Å²) in [6.07, 6.45) is -0.564. The van der Waals surface area contributed by atoms with Crippen LogP contribution in [0, 0.1) is 20.8 Å². The van der Waals surface area contributed by atoms with Gasteiger partial charge in [-0.3, -0.25) is 4.79 Å². The number of hydrogen-bond acceptors (Lipinski definition) is 3. The third-order valence-corrected chi connectivity index (χ3v) is 4.61. The van der Waals surface area contributed by atoms with Crippen molar-refractivity contribution in [1.82, 2.24) is 5.32 Å². The second-order valence-corrected chi connectivity index (χ2v) is 7.34. The quantitative estimate of drug-likeness (QED) is 0.686. The van der Waals surface area contributed by atoms with Gasteiger partial charge in [0.25, 0.3) is 5.91 Å². The minimum atomic E-state index is -0.564. The SMILES string of the molecule is Cc1ccc(C(C)C)c(O[C@@H](C)C(=O)NCCOc2ccc(C)c(C)c2)c1. The van der Waals surface area contributed by atoms with Gasteiger partial charge in [-0.25, -0.2) is 0 Å². The number of carbonyl (C=O) groups excluding carboxylic acids is 1. The van der Waals surface area contributed by atoms with Gasteiger partial charge >= 0.3 is 0 Å². The van der Waals surface area contributed by atoms with Gasteiger partial charge in [0.2, 0.25) is 0 Å². The van der Waals surface area contributed by atoms with Crippen LogP contribution in [-0.2, 0) is 4.79 Å². The summed E-state index contributed by atoms with van der Waals surface area (Å²) in [5.41, 5.74) is 4.65. The lowest BCUT2D eigenvalue weighted by atomic mass is 10.0. The molecule has 0 heterocycles. The van der Waals surface area contributed by atoms with E-state index in [1.807, 2.05) is 31.2 Å². The van der Waals surface area contributed by atoms with Gasteiger partial charge in [0, 0.05) is 0 Å². The largest absolute Gasteiger partial charge is 0.492 e. The molecule has 27 heavy (non-hydrogen) atoms. The third-order valence-electron chi connectivity index (χ3n) is 4.61. The van der Waals surface area contributed by atoms with Crippen molar-refractivity contribution in [3.63, 3.8) is 0 Å². The van der Waals surface area contributed by atoms with Crippen molar-refractivity contribution in [2.75, 3.05) is 13.2 Å². The van der Waals surface area contributed by atoms with Gasteiger partial charge in [-0.15, -0.1) is 0 Å². The Morgan fingerprint density at radius 3 is 2.41 bits per heavy atom. The average Bonchev–Trinajstić information content (AvgIpc) is 2.61. The Morgan fingerprint density at radius 1 is 1.00 bits per heavy atom. The maximum atomic E-state index is 12.3. The molecule has 0 saturated carbocycles. The van der Waals surface area contributed by atoms with E-state index in [2.05, 4.69) is 45.1 Å². The number of rotatable bonds is 8. The zero-order valence-electron chi connectivity index (χ0n) is 17.3. The van der Waals surface area contributed by atoms with E-state index in [4.69, 9.17) is 9.47 Å². The molecule has 2 rings (SSSR count).